The summed E-state index contributed by atoms with van der Waals surface area (Å²) in [5, 5.41) is 12.4. The zero-order valence-electron chi connectivity index (χ0n) is 14.4. The molecule has 0 radical (unpaired) electrons. The molecule has 0 saturated carbocycles. The first-order valence-electron chi connectivity index (χ1n) is 7.89. The number of nitrogens with zero attached hydrogens (tertiary/aromatic N) is 2. The molecule has 1 atom stereocenters. The van der Waals surface area contributed by atoms with E-state index in [4.69, 9.17) is 16.3 Å². The minimum atomic E-state index is -0.282. The number of hydrogen-bond donors (Lipinski definition) is 1. The maximum atomic E-state index is 11.7. The highest BCUT2D eigenvalue weighted by atomic mass is 35.5. The second-order valence-corrected chi connectivity index (χ2v) is 6.09. The first-order valence-corrected chi connectivity index (χ1v) is 8.27. The van der Waals surface area contributed by atoms with Gasteiger partial charge in [-0.15, -0.1) is 0 Å². The fourth-order valence-corrected chi connectivity index (χ4v) is 2.53. The predicted molar refractivity (Wildman–Crippen MR) is 99.0 cm³/mol. The standard InChI is InChI=1S/C19H20ClN3O2/c1-4-17(15-8-6-5-7-13(15)12-21)25-18-10-9-14(11-16(18)20)22-19(24)23(2)3/h5-11,17H,4H2,1-3H3,(H,22,24). The summed E-state index contributed by atoms with van der Waals surface area (Å²) in [6, 6.07) is 14.4. The van der Waals surface area contributed by atoms with E-state index in [9.17, 15) is 10.1 Å². The van der Waals surface area contributed by atoms with Crippen LogP contribution in [-0.4, -0.2) is 25.0 Å². The van der Waals surface area contributed by atoms with Gasteiger partial charge in [-0.1, -0.05) is 36.7 Å². The van der Waals surface area contributed by atoms with Crippen LogP contribution in [0.15, 0.2) is 42.5 Å². The molecule has 0 aliphatic heterocycles. The van der Waals surface area contributed by atoms with Crippen LogP contribution in [0, 0.1) is 11.3 Å². The van der Waals surface area contributed by atoms with Crippen molar-refractivity contribution in [2.24, 2.45) is 0 Å². The number of nitrogens with one attached hydrogen (secondary N) is 1. The van der Waals surface area contributed by atoms with Gasteiger partial charge in [0.15, 0.2) is 0 Å². The van der Waals surface area contributed by atoms with E-state index >= 15 is 0 Å². The maximum Gasteiger partial charge on any atom is 0.321 e. The van der Waals surface area contributed by atoms with Gasteiger partial charge in [0, 0.05) is 25.3 Å². The van der Waals surface area contributed by atoms with Crippen LogP contribution in [-0.2, 0) is 0 Å². The second kappa shape index (κ2) is 8.41. The lowest BCUT2D eigenvalue weighted by molar-refractivity contribution is 0.201. The summed E-state index contributed by atoms with van der Waals surface area (Å²) in [5.41, 5.74) is 2.00. The van der Waals surface area contributed by atoms with E-state index in [1.807, 2.05) is 25.1 Å². The quantitative estimate of drug-likeness (QED) is 0.833. The first-order chi connectivity index (χ1) is 12.0. The first kappa shape index (κ1) is 18.6. The van der Waals surface area contributed by atoms with E-state index in [2.05, 4.69) is 11.4 Å². The van der Waals surface area contributed by atoms with E-state index in [0.717, 1.165) is 5.56 Å². The van der Waals surface area contributed by atoms with E-state index in [1.165, 1.54) is 4.90 Å². The van der Waals surface area contributed by atoms with Crippen molar-refractivity contribution in [3.63, 3.8) is 0 Å². The molecule has 0 saturated heterocycles. The molecule has 2 rings (SSSR count). The molecule has 1 unspecified atom stereocenters. The largest absolute Gasteiger partial charge is 0.484 e. The van der Waals surface area contributed by atoms with Gasteiger partial charge in [-0.3, -0.25) is 0 Å². The zero-order chi connectivity index (χ0) is 18.4. The molecule has 0 aliphatic rings. The summed E-state index contributed by atoms with van der Waals surface area (Å²) in [6.45, 7) is 1.98. The monoisotopic (exact) mass is 357 g/mol. The molecule has 25 heavy (non-hydrogen) atoms. The minimum Gasteiger partial charge on any atom is -0.484 e. The minimum absolute atomic E-state index is 0.237. The summed E-state index contributed by atoms with van der Waals surface area (Å²) < 4.78 is 6.02. The Hall–Kier alpha value is -2.71. The topological polar surface area (TPSA) is 65.4 Å². The average Bonchev–Trinajstić information content (AvgIpc) is 2.61. The molecule has 0 aromatic heterocycles. The van der Waals surface area contributed by atoms with Gasteiger partial charge in [0.25, 0.3) is 0 Å². The number of halogens is 1. The lowest BCUT2D eigenvalue weighted by atomic mass is 10.0. The number of carbonyl (C=O) groups is 1. The smallest absolute Gasteiger partial charge is 0.321 e. The Kier molecular flexibility index (Phi) is 6.26. The average molecular weight is 358 g/mol. The van der Waals surface area contributed by atoms with Crippen LogP contribution in [0.4, 0.5) is 10.5 Å². The highest BCUT2D eigenvalue weighted by Gasteiger charge is 2.17. The van der Waals surface area contributed by atoms with Gasteiger partial charge in [0.1, 0.15) is 11.9 Å². The fraction of sp³-hybridized carbons (Fsp3) is 0.263. The number of hydrogen-bond acceptors (Lipinski definition) is 3. The van der Waals surface area contributed by atoms with Gasteiger partial charge >= 0.3 is 6.03 Å². The van der Waals surface area contributed by atoms with Crippen molar-refractivity contribution >= 4 is 23.3 Å². The molecular formula is C19H20ClN3O2. The molecule has 0 fully saturated rings. The van der Waals surface area contributed by atoms with E-state index < -0.39 is 0 Å². The molecule has 0 spiro atoms. The van der Waals surface area contributed by atoms with Crippen LogP contribution in [0.2, 0.25) is 5.02 Å². The lowest BCUT2D eigenvalue weighted by Crippen LogP contribution is -2.27. The van der Waals surface area contributed by atoms with Gasteiger partial charge in [0.2, 0.25) is 0 Å². The molecule has 130 valence electrons. The number of amides is 2. The molecule has 6 heteroatoms. The van der Waals surface area contributed by atoms with Crippen molar-refractivity contribution in [2.75, 3.05) is 19.4 Å². The number of ether oxygens (including phenoxy) is 1. The van der Waals surface area contributed by atoms with Crippen LogP contribution in [0.5, 0.6) is 5.75 Å². The van der Waals surface area contributed by atoms with Crippen LogP contribution >= 0.6 is 11.6 Å². The zero-order valence-corrected chi connectivity index (χ0v) is 15.2. The molecule has 5 nitrogen and oxygen atoms in total. The normalized spacial score (nSPS) is 11.3. The third-order valence-electron chi connectivity index (χ3n) is 3.66. The van der Waals surface area contributed by atoms with Gasteiger partial charge in [-0.2, -0.15) is 5.26 Å². The van der Waals surface area contributed by atoms with Crippen molar-refractivity contribution in [2.45, 2.75) is 19.4 Å². The third kappa shape index (κ3) is 4.65. The summed E-state index contributed by atoms with van der Waals surface area (Å²) in [4.78, 5) is 13.1. The Morgan fingerprint density at radius 1 is 1.32 bits per heavy atom. The number of benzene rings is 2. The molecule has 1 N–H and O–H groups in total. The summed E-state index contributed by atoms with van der Waals surface area (Å²) in [7, 11) is 3.32. The van der Waals surface area contributed by atoms with Crippen molar-refractivity contribution in [3.8, 4) is 11.8 Å². The van der Waals surface area contributed by atoms with E-state index in [-0.39, 0.29) is 12.1 Å². The second-order valence-electron chi connectivity index (χ2n) is 5.68. The number of rotatable bonds is 5. The Morgan fingerprint density at radius 3 is 2.64 bits per heavy atom. The molecular weight excluding hydrogens is 338 g/mol. The van der Waals surface area contributed by atoms with Gasteiger partial charge in [0.05, 0.1) is 16.7 Å². The van der Waals surface area contributed by atoms with Crippen molar-refractivity contribution in [3.05, 3.63) is 58.6 Å². The molecule has 0 heterocycles. The van der Waals surface area contributed by atoms with Crippen LogP contribution in [0.3, 0.4) is 0 Å². The highest BCUT2D eigenvalue weighted by molar-refractivity contribution is 6.32. The van der Waals surface area contributed by atoms with E-state index in [1.54, 1.807) is 38.4 Å². The summed E-state index contributed by atoms with van der Waals surface area (Å²) in [6.07, 6.45) is 0.407. The highest BCUT2D eigenvalue weighted by Crippen LogP contribution is 2.33. The Morgan fingerprint density at radius 2 is 2.04 bits per heavy atom. The van der Waals surface area contributed by atoms with Crippen molar-refractivity contribution in [1.29, 1.82) is 5.26 Å². The lowest BCUT2D eigenvalue weighted by Gasteiger charge is -2.20. The third-order valence-corrected chi connectivity index (χ3v) is 3.95. The van der Waals surface area contributed by atoms with Crippen molar-refractivity contribution in [1.82, 2.24) is 4.90 Å². The number of nitriles is 1. The van der Waals surface area contributed by atoms with Crippen LogP contribution < -0.4 is 10.1 Å². The van der Waals surface area contributed by atoms with Gasteiger partial charge in [-0.25, -0.2) is 4.79 Å². The molecule has 2 aromatic carbocycles. The number of anilines is 1. The van der Waals surface area contributed by atoms with E-state index in [0.29, 0.717) is 28.4 Å². The summed E-state index contributed by atoms with van der Waals surface area (Å²) in [5.74, 6) is 0.504. The molecule has 0 aliphatic carbocycles. The van der Waals surface area contributed by atoms with Gasteiger partial charge < -0.3 is 15.0 Å². The summed E-state index contributed by atoms with van der Waals surface area (Å²) >= 11 is 6.30. The molecule has 2 amide bonds. The Balaban J connectivity index is 2.21. The number of carbonyl (C=O) groups excluding carboxylic acids is 1. The maximum absolute atomic E-state index is 11.7. The van der Waals surface area contributed by atoms with Crippen LogP contribution in [0.1, 0.15) is 30.6 Å². The van der Waals surface area contributed by atoms with Crippen molar-refractivity contribution < 1.29 is 9.53 Å². The SMILES string of the molecule is CCC(Oc1ccc(NC(=O)N(C)C)cc1Cl)c1ccccc1C#N. The Labute approximate surface area is 152 Å². The molecule has 0 bridgehead atoms. The predicted octanol–water partition coefficient (Wildman–Crippen LogP) is 4.84. The molecule has 2 aromatic rings. The Bertz CT molecular complexity index is 799. The fourth-order valence-electron chi connectivity index (χ4n) is 2.31. The van der Waals surface area contributed by atoms with Crippen LogP contribution in [0.25, 0.3) is 0 Å². The number of urea groups is 1. The van der Waals surface area contributed by atoms with Gasteiger partial charge in [-0.05, 0) is 30.7 Å².